The maximum Gasteiger partial charge on any atom is 0.119 e. The molecular weight excluding hydrogens is 495 g/mol. The molecule has 0 spiro atoms. The Morgan fingerprint density at radius 3 is 1.33 bits per heavy atom. The van der Waals surface area contributed by atoms with Crippen LogP contribution in [-0.4, -0.2) is 24.2 Å². The van der Waals surface area contributed by atoms with Crippen molar-refractivity contribution in [2.24, 2.45) is 0 Å². The van der Waals surface area contributed by atoms with E-state index in [0.29, 0.717) is 21.4 Å². The molecule has 0 saturated heterocycles. The Hall–Kier alpha value is -4.00. The number of rotatable bonds is 2. The van der Waals surface area contributed by atoms with Crippen LogP contribution in [0.2, 0.25) is 10.0 Å². The van der Waals surface area contributed by atoms with Crippen LogP contribution in [0.15, 0.2) is 72.8 Å². The fraction of sp³-hybridized carbons (Fsp3) is 0.0714. The smallest absolute Gasteiger partial charge is 0.119 e. The van der Waals surface area contributed by atoms with Crippen molar-refractivity contribution in [3.05, 3.63) is 82.8 Å². The highest BCUT2D eigenvalue weighted by Gasteiger charge is 2.09. The van der Waals surface area contributed by atoms with Crippen LogP contribution in [0.3, 0.4) is 0 Å². The van der Waals surface area contributed by atoms with E-state index < -0.39 is 0 Å². The van der Waals surface area contributed by atoms with Crippen LogP contribution < -0.4 is 20.9 Å². The molecule has 6 aromatic rings. The van der Waals surface area contributed by atoms with Crippen molar-refractivity contribution in [2.45, 2.75) is 0 Å². The molecule has 0 atom stereocenters. The Morgan fingerprint density at radius 2 is 0.944 bits per heavy atom. The molecule has 0 aliphatic carbocycles. The third-order valence-corrected chi connectivity index (χ3v) is 6.44. The highest BCUT2D eigenvalue weighted by atomic mass is 35.5. The number of pyridine rings is 2. The van der Waals surface area contributed by atoms with Crippen molar-refractivity contribution in [1.29, 1.82) is 0 Å². The van der Waals surface area contributed by atoms with Gasteiger partial charge in [0.1, 0.15) is 11.5 Å². The van der Waals surface area contributed by atoms with E-state index in [1.165, 1.54) is 0 Å². The van der Waals surface area contributed by atoms with Crippen molar-refractivity contribution >= 4 is 78.2 Å². The zero-order chi connectivity index (χ0) is 25.4. The summed E-state index contributed by atoms with van der Waals surface area (Å²) in [6.07, 6.45) is 0. The van der Waals surface area contributed by atoms with Crippen LogP contribution >= 0.6 is 23.2 Å². The molecule has 0 unspecified atom stereocenters. The molecule has 8 heteroatoms. The number of aromatic nitrogens is 2. The lowest BCUT2D eigenvalue weighted by molar-refractivity contribution is 0.415. The predicted octanol–water partition coefficient (Wildman–Crippen LogP) is 7.26. The second-order valence-electron chi connectivity index (χ2n) is 8.14. The molecule has 6 nitrogen and oxygen atoms in total. The number of fused-ring (bicyclic) bond motifs is 4. The van der Waals surface area contributed by atoms with E-state index in [0.717, 1.165) is 55.1 Å². The van der Waals surface area contributed by atoms with Gasteiger partial charge in [0.15, 0.2) is 0 Å². The molecule has 0 saturated carbocycles. The Labute approximate surface area is 217 Å². The maximum atomic E-state index is 6.19. The average Bonchev–Trinajstić information content (AvgIpc) is 2.88. The van der Waals surface area contributed by atoms with Crippen molar-refractivity contribution in [3.8, 4) is 11.5 Å². The first kappa shape index (κ1) is 23.7. The number of benzene rings is 4. The molecule has 0 bridgehead atoms. The SMILES string of the molecule is COc1ccc2nc3cc(Cl)ccc3c(N)c2c1.COc1ccc2nc3cc(Cl)ccc3c(N)c2c1. The summed E-state index contributed by atoms with van der Waals surface area (Å²) in [5, 5.41) is 4.90. The first-order valence-electron chi connectivity index (χ1n) is 11.0. The number of nitrogen functional groups attached to an aromatic ring is 2. The summed E-state index contributed by atoms with van der Waals surface area (Å²) in [7, 11) is 3.26. The summed E-state index contributed by atoms with van der Waals surface area (Å²) in [5.41, 5.74) is 17.1. The van der Waals surface area contributed by atoms with Gasteiger partial charge < -0.3 is 20.9 Å². The highest BCUT2D eigenvalue weighted by Crippen LogP contribution is 2.33. The van der Waals surface area contributed by atoms with Gasteiger partial charge in [0, 0.05) is 31.6 Å². The molecule has 2 aromatic heterocycles. The lowest BCUT2D eigenvalue weighted by Gasteiger charge is -2.08. The van der Waals surface area contributed by atoms with E-state index in [2.05, 4.69) is 9.97 Å². The van der Waals surface area contributed by atoms with Crippen molar-refractivity contribution < 1.29 is 9.47 Å². The van der Waals surface area contributed by atoms with Gasteiger partial charge in [0.25, 0.3) is 0 Å². The molecule has 0 amide bonds. The molecule has 180 valence electrons. The number of nitrogens with two attached hydrogens (primary N) is 2. The summed E-state index contributed by atoms with van der Waals surface area (Å²) in [5.74, 6) is 1.54. The summed E-state index contributed by atoms with van der Waals surface area (Å²) >= 11 is 11.9. The van der Waals surface area contributed by atoms with E-state index in [-0.39, 0.29) is 0 Å². The van der Waals surface area contributed by atoms with Crippen molar-refractivity contribution in [2.75, 3.05) is 25.7 Å². The summed E-state index contributed by atoms with van der Waals surface area (Å²) in [6.45, 7) is 0. The molecule has 36 heavy (non-hydrogen) atoms. The Balaban J connectivity index is 0.000000148. The molecule has 0 aliphatic rings. The second kappa shape index (κ2) is 9.57. The average molecular weight is 517 g/mol. The zero-order valence-corrected chi connectivity index (χ0v) is 21.1. The number of hydrogen-bond acceptors (Lipinski definition) is 6. The molecule has 4 aromatic carbocycles. The van der Waals surface area contributed by atoms with Gasteiger partial charge in [0.05, 0.1) is 47.7 Å². The lowest BCUT2D eigenvalue weighted by Crippen LogP contribution is -1.93. The van der Waals surface area contributed by atoms with Gasteiger partial charge in [-0.3, -0.25) is 0 Å². The van der Waals surface area contributed by atoms with Gasteiger partial charge in [-0.25, -0.2) is 9.97 Å². The topological polar surface area (TPSA) is 96.3 Å². The third kappa shape index (κ3) is 4.37. The van der Waals surface area contributed by atoms with Crippen LogP contribution in [0.1, 0.15) is 0 Å². The van der Waals surface area contributed by atoms with Crippen molar-refractivity contribution in [3.63, 3.8) is 0 Å². The predicted molar refractivity (Wildman–Crippen MR) is 150 cm³/mol. The van der Waals surface area contributed by atoms with E-state index in [4.69, 9.17) is 44.1 Å². The maximum absolute atomic E-state index is 6.19. The van der Waals surface area contributed by atoms with Crippen LogP contribution in [0.5, 0.6) is 11.5 Å². The third-order valence-electron chi connectivity index (χ3n) is 5.97. The molecule has 0 aliphatic heterocycles. The van der Waals surface area contributed by atoms with Gasteiger partial charge in [-0.1, -0.05) is 23.2 Å². The number of ether oxygens (including phenoxy) is 2. The Bertz CT molecular complexity index is 1640. The standard InChI is InChI=1S/2C14H11ClN2O/c2*1-18-9-3-5-12-11(7-9)14(16)10-4-2-8(15)6-13(10)17-12/h2*2-7H,1H3,(H2,16,17). The van der Waals surface area contributed by atoms with Gasteiger partial charge in [-0.15, -0.1) is 0 Å². The zero-order valence-electron chi connectivity index (χ0n) is 19.5. The van der Waals surface area contributed by atoms with E-state index >= 15 is 0 Å². The minimum atomic E-state index is 0.655. The minimum absolute atomic E-state index is 0.655. The molecular formula is C28H22Cl2N4O2. The molecule has 2 heterocycles. The first-order chi connectivity index (χ1) is 17.4. The van der Waals surface area contributed by atoms with E-state index in [1.54, 1.807) is 14.2 Å². The fourth-order valence-corrected chi connectivity index (χ4v) is 4.44. The quantitative estimate of drug-likeness (QED) is 0.235. The number of anilines is 2. The largest absolute Gasteiger partial charge is 0.497 e. The monoisotopic (exact) mass is 516 g/mol. The number of methoxy groups -OCH3 is 2. The lowest BCUT2D eigenvalue weighted by atomic mass is 10.1. The normalized spacial score (nSPS) is 11.0. The van der Waals surface area contributed by atoms with Gasteiger partial charge in [-0.05, 0) is 72.8 Å². The van der Waals surface area contributed by atoms with Crippen LogP contribution in [0, 0.1) is 0 Å². The molecule has 0 radical (unpaired) electrons. The van der Waals surface area contributed by atoms with Crippen LogP contribution in [0.25, 0.3) is 43.6 Å². The fourth-order valence-electron chi connectivity index (χ4n) is 4.11. The van der Waals surface area contributed by atoms with Gasteiger partial charge >= 0.3 is 0 Å². The summed E-state index contributed by atoms with van der Waals surface area (Å²) < 4.78 is 10.4. The number of hydrogen-bond donors (Lipinski definition) is 2. The van der Waals surface area contributed by atoms with Crippen LogP contribution in [0.4, 0.5) is 11.4 Å². The first-order valence-corrected chi connectivity index (χ1v) is 11.8. The van der Waals surface area contributed by atoms with Gasteiger partial charge in [-0.2, -0.15) is 0 Å². The van der Waals surface area contributed by atoms with Crippen molar-refractivity contribution in [1.82, 2.24) is 9.97 Å². The van der Waals surface area contributed by atoms with E-state index in [1.807, 2.05) is 72.8 Å². The molecule has 0 fully saturated rings. The number of halogens is 2. The number of nitrogens with zero attached hydrogens (tertiary/aromatic N) is 2. The van der Waals surface area contributed by atoms with Crippen LogP contribution in [-0.2, 0) is 0 Å². The molecule has 6 rings (SSSR count). The van der Waals surface area contributed by atoms with Gasteiger partial charge in [0.2, 0.25) is 0 Å². The molecule has 4 N–H and O–H groups in total. The second-order valence-corrected chi connectivity index (χ2v) is 9.01. The Kier molecular flexibility index (Phi) is 6.31. The summed E-state index contributed by atoms with van der Waals surface area (Å²) in [6, 6.07) is 22.3. The van der Waals surface area contributed by atoms with E-state index in [9.17, 15) is 0 Å². The summed E-state index contributed by atoms with van der Waals surface area (Å²) in [4.78, 5) is 9.11. The Morgan fingerprint density at radius 1 is 0.528 bits per heavy atom. The highest BCUT2D eigenvalue weighted by molar-refractivity contribution is 6.32. The minimum Gasteiger partial charge on any atom is -0.497 e.